The van der Waals surface area contributed by atoms with Crippen LogP contribution in [0.5, 0.6) is 5.88 Å². The molecule has 0 aromatic carbocycles. The summed E-state index contributed by atoms with van der Waals surface area (Å²) in [4.78, 5) is 4.32. The number of pyridine rings is 1. The number of sulfone groups is 1. The molecule has 1 aromatic rings. The van der Waals surface area contributed by atoms with Crippen LogP contribution in [0.3, 0.4) is 0 Å². The lowest BCUT2D eigenvalue weighted by Gasteiger charge is -2.41. The molecule has 0 amide bonds. The van der Waals surface area contributed by atoms with Crippen LogP contribution in [0, 0.1) is 24.7 Å². The van der Waals surface area contributed by atoms with E-state index in [0.29, 0.717) is 25.1 Å². The van der Waals surface area contributed by atoms with Crippen molar-refractivity contribution < 1.29 is 26.7 Å². The second kappa shape index (κ2) is 11.8. The first-order valence-corrected chi connectivity index (χ1v) is 15.4. The molecule has 1 heterocycles. The standard InChI is InChI=1S/C27H41F2NO4S/c1-18-14-26(33-12-5-13-35(2,31)32)30-16-23(18)22-10-11-25(28)24(27(22)29)17-34-21-9-8-19-6-3-4-7-20(19)15-21/h14,16,19-22,24-25,27H,3-13,15,17H2,1-2H3. The molecule has 3 aliphatic rings. The van der Waals surface area contributed by atoms with Crippen molar-refractivity contribution in [2.45, 2.75) is 95.5 Å². The Labute approximate surface area is 209 Å². The molecule has 3 saturated carbocycles. The van der Waals surface area contributed by atoms with E-state index in [0.717, 1.165) is 35.8 Å². The molecular weight excluding hydrogens is 472 g/mol. The second-order valence-electron chi connectivity index (χ2n) is 11.1. The predicted molar refractivity (Wildman–Crippen MR) is 133 cm³/mol. The number of aryl methyl sites for hydroxylation is 1. The van der Waals surface area contributed by atoms with E-state index < -0.39 is 34.0 Å². The molecule has 0 spiro atoms. The Morgan fingerprint density at radius 1 is 1.06 bits per heavy atom. The van der Waals surface area contributed by atoms with Crippen molar-refractivity contribution in [3.05, 3.63) is 23.4 Å². The minimum Gasteiger partial charge on any atom is -0.478 e. The number of fused-ring (bicyclic) bond motifs is 1. The highest BCUT2D eigenvalue weighted by Gasteiger charge is 2.42. The molecule has 4 rings (SSSR count). The lowest BCUT2D eigenvalue weighted by Crippen LogP contribution is -2.41. The Balaban J connectivity index is 1.32. The Morgan fingerprint density at radius 3 is 2.57 bits per heavy atom. The largest absolute Gasteiger partial charge is 0.478 e. The van der Waals surface area contributed by atoms with E-state index in [1.807, 2.05) is 6.92 Å². The number of aromatic nitrogens is 1. The third-order valence-electron chi connectivity index (χ3n) is 8.46. The molecule has 0 N–H and O–H groups in total. The van der Waals surface area contributed by atoms with Crippen LogP contribution in [0.4, 0.5) is 8.78 Å². The monoisotopic (exact) mass is 513 g/mol. The fourth-order valence-corrected chi connectivity index (χ4v) is 7.11. The molecular formula is C27H41F2NO4S. The summed E-state index contributed by atoms with van der Waals surface area (Å²) in [5.41, 5.74) is 1.65. The summed E-state index contributed by atoms with van der Waals surface area (Å²) in [6.07, 6.45) is 10.1. The van der Waals surface area contributed by atoms with Crippen LogP contribution in [0.2, 0.25) is 0 Å². The molecule has 3 fully saturated rings. The maximum absolute atomic E-state index is 15.7. The SMILES string of the molecule is Cc1cc(OCCCS(C)(=O)=O)ncc1C1CCC(F)C(COC2CCC3CCCCC3C2)C1F. The average Bonchev–Trinajstić information content (AvgIpc) is 2.82. The highest BCUT2D eigenvalue weighted by Crippen LogP contribution is 2.44. The van der Waals surface area contributed by atoms with Crippen molar-refractivity contribution in [3.63, 3.8) is 0 Å². The predicted octanol–water partition coefficient (Wildman–Crippen LogP) is 5.75. The van der Waals surface area contributed by atoms with Gasteiger partial charge in [-0.2, -0.15) is 0 Å². The van der Waals surface area contributed by atoms with Gasteiger partial charge in [-0.25, -0.2) is 22.2 Å². The first-order valence-electron chi connectivity index (χ1n) is 13.4. The van der Waals surface area contributed by atoms with Crippen LogP contribution in [-0.4, -0.2) is 57.1 Å². The molecule has 0 bridgehead atoms. The van der Waals surface area contributed by atoms with E-state index >= 15 is 4.39 Å². The van der Waals surface area contributed by atoms with Gasteiger partial charge in [0.25, 0.3) is 0 Å². The zero-order chi connectivity index (χ0) is 25.0. The van der Waals surface area contributed by atoms with Gasteiger partial charge in [0, 0.05) is 30.4 Å². The third-order valence-corrected chi connectivity index (χ3v) is 9.49. The van der Waals surface area contributed by atoms with E-state index in [2.05, 4.69) is 4.98 Å². The van der Waals surface area contributed by atoms with Crippen molar-refractivity contribution in [3.8, 4) is 5.88 Å². The number of hydrogen-bond acceptors (Lipinski definition) is 5. The third kappa shape index (κ3) is 7.15. The van der Waals surface area contributed by atoms with Gasteiger partial charge in [-0.3, -0.25) is 0 Å². The first kappa shape index (κ1) is 26.8. The summed E-state index contributed by atoms with van der Waals surface area (Å²) in [5, 5.41) is 0. The van der Waals surface area contributed by atoms with Crippen molar-refractivity contribution in [2.24, 2.45) is 17.8 Å². The van der Waals surface area contributed by atoms with E-state index in [1.165, 1.54) is 38.4 Å². The summed E-state index contributed by atoms with van der Waals surface area (Å²) in [7, 11) is -3.02. The molecule has 35 heavy (non-hydrogen) atoms. The van der Waals surface area contributed by atoms with E-state index in [1.54, 1.807) is 12.3 Å². The Hall–Kier alpha value is -1.28. The van der Waals surface area contributed by atoms with Crippen LogP contribution < -0.4 is 4.74 Å². The molecule has 7 unspecified atom stereocenters. The van der Waals surface area contributed by atoms with Gasteiger partial charge in [-0.1, -0.05) is 25.7 Å². The lowest BCUT2D eigenvalue weighted by molar-refractivity contribution is -0.0647. The van der Waals surface area contributed by atoms with Crippen molar-refractivity contribution >= 4 is 9.84 Å². The Morgan fingerprint density at radius 2 is 1.83 bits per heavy atom. The van der Waals surface area contributed by atoms with E-state index in [-0.39, 0.29) is 25.1 Å². The zero-order valence-electron chi connectivity index (χ0n) is 21.1. The van der Waals surface area contributed by atoms with Gasteiger partial charge in [0.2, 0.25) is 5.88 Å². The summed E-state index contributed by atoms with van der Waals surface area (Å²) in [6, 6.07) is 1.76. The zero-order valence-corrected chi connectivity index (χ0v) is 21.9. The number of rotatable bonds is 9. The number of ether oxygens (including phenoxy) is 2. The number of alkyl halides is 2. The lowest BCUT2D eigenvalue weighted by atomic mass is 9.70. The van der Waals surface area contributed by atoms with Crippen LogP contribution in [-0.2, 0) is 14.6 Å². The van der Waals surface area contributed by atoms with Gasteiger partial charge in [-0.15, -0.1) is 0 Å². The van der Waals surface area contributed by atoms with Crippen LogP contribution in [0.25, 0.3) is 0 Å². The Bertz CT molecular complexity index is 943. The van der Waals surface area contributed by atoms with Gasteiger partial charge < -0.3 is 9.47 Å². The summed E-state index contributed by atoms with van der Waals surface area (Å²) in [6.45, 7) is 2.29. The van der Waals surface area contributed by atoms with Crippen molar-refractivity contribution in [2.75, 3.05) is 25.2 Å². The average molecular weight is 514 g/mol. The summed E-state index contributed by atoms with van der Waals surface area (Å²) in [5.74, 6) is 0.858. The smallest absolute Gasteiger partial charge is 0.213 e. The minimum atomic E-state index is -3.02. The summed E-state index contributed by atoms with van der Waals surface area (Å²) < 4.78 is 64.8. The topological polar surface area (TPSA) is 65.5 Å². The van der Waals surface area contributed by atoms with Gasteiger partial charge in [0.05, 0.1) is 25.1 Å². The molecule has 3 aliphatic carbocycles. The summed E-state index contributed by atoms with van der Waals surface area (Å²) >= 11 is 0. The molecule has 0 radical (unpaired) electrons. The fraction of sp³-hybridized carbons (Fsp3) is 0.815. The second-order valence-corrected chi connectivity index (χ2v) is 13.4. The molecule has 0 aliphatic heterocycles. The van der Waals surface area contributed by atoms with Crippen molar-refractivity contribution in [1.29, 1.82) is 0 Å². The van der Waals surface area contributed by atoms with Crippen LogP contribution in [0.15, 0.2) is 12.3 Å². The first-order chi connectivity index (χ1) is 16.7. The van der Waals surface area contributed by atoms with E-state index in [4.69, 9.17) is 9.47 Å². The Kier molecular flexibility index (Phi) is 9.06. The molecule has 7 atom stereocenters. The highest BCUT2D eigenvalue weighted by atomic mass is 32.2. The van der Waals surface area contributed by atoms with Crippen LogP contribution in [0.1, 0.15) is 81.3 Å². The minimum absolute atomic E-state index is 0.0611. The highest BCUT2D eigenvalue weighted by molar-refractivity contribution is 7.90. The number of nitrogens with zero attached hydrogens (tertiary/aromatic N) is 1. The molecule has 5 nitrogen and oxygen atoms in total. The van der Waals surface area contributed by atoms with Gasteiger partial charge in [-0.05, 0) is 68.4 Å². The quantitative estimate of drug-likeness (QED) is 0.394. The maximum Gasteiger partial charge on any atom is 0.213 e. The van der Waals surface area contributed by atoms with Gasteiger partial charge >= 0.3 is 0 Å². The van der Waals surface area contributed by atoms with Crippen molar-refractivity contribution in [1.82, 2.24) is 4.98 Å². The molecule has 1 aromatic heterocycles. The van der Waals surface area contributed by atoms with Gasteiger partial charge in [0.1, 0.15) is 22.2 Å². The van der Waals surface area contributed by atoms with Gasteiger partial charge in [0.15, 0.2) is 0 Å². The normalized spacial score (nSPS) is 33.8. The van der Waals surface area contributed by atoms with Crippen LogP contribution >= 0.6 is 0 Å². The fourth-order valence-electron chi connectivity index (χ4n) is 6.47. The number of halogens is 2. The maximum atomic E-state index is 15.7. The van der Waals surface area contributed by atoms with E-state index in [9.17, 15) is 12.8 Å². The molecule has 198 valence electrons. The number of hydrogen-bond donors (Lipinski definition) is 0. The molecule has 0 saturated heterocycles. The molecule has 8 heteroatoms.